The van der Waals surface area contributed by atoms with Crippen LogP contribution < -0.4 is 0 Å². The van der Waals surface area contributed by atoms with Gasteiger partial charge in [0.15, 0.2) is 5.78 Å². The summed E-state index contributed by atoms with van der Waals surface area (Å²) >= 11 is 3.52. The molecule has 3 aromatic rings. The van der Waals surface area contributed by atoms with Gasteiger partial charge < -0.3 is 9.30 Å². The number of Topliss-reactive ketones (excluding diaryl/α,β-unsaturated/α-hetero) is 1. The molecule has 0 bridgehead atoms. The Morgan fingerprint density at radius 3 is 2.77 bits per heavy atom. The molecule has 132 valence electrons. The van der Waals surface area contributed by atoms with E-state index in [2.05, 4.69) is 32.6 Å². The van der Waals surface area contributed by atoms with Crippen LogP contribution in [0.15, 0.2) is 46.9 Å². The molecule has 0 saturated carbocycles. The lowest BCUT2D eigenvalue weighted by Crippen LogP contribution is -2.14. The fourth-order valence-corrected chi connectivity index (χ4v) is 4.28. The predicted molar refractivity (Wildman–Crippen MR) is 104 cm³/mol. The number of hydrogen-bond donors (Lipinski definition) is 0. The Bertz CT molecular complexity index is 1040. The molecule has 5 heteroatoms. The molecule has 0 atom stereocenters. The van der Waals surface area contributed by atoms with Crippen LogP contribution in [0.2, 0.25) is 0 Å². The maximum atomic E-state index is 12.7. The van der Waals surface area contributed by atoms with Gasteiger partial charge in [-0.05, 0) is 42.7 Å². The molecule has 0 saturated heterocycles. The number of nitrogens with zero attached hydrogens (tertiary/aromatic N) is 1. The first kappa shape index (κ1) is 17.0. The zero-order chi connectivity index (χ0) is 18.3. The molecule has 0 radical (unpaired) electrons. The SMILES string of the molecule is COC(=O)c1cccc2c1c1c(n2Cc2cccc(Br)c2)CCCC1=O. The maximum Gasteiger partial charge on any atom is 0.338 e. The van der Waals surface area contributed by atoms with Gasteiger partial charge in [-0.2, -0.15) is 0 Å². The molecule has 4 rings (SSSR count). The van der Waals surface area contributed by atoms with Crippen LogP contribution in [-0.2, 0) is 17.7 Å². The average molecular weight is 412 g/mol. The van der Waals surface area contributed by atoms with Gasteiger partial charge in [0.25, 0.3) is 0 Å². The number of hydrogen-bond acceptors (Lipinski definition) is 3. The third-order valence-electron chi connectivity index (χ3n) is 4.93. The van der Waals surface area contributed by atoms with Crippen molar-refractivity contribution < 1.29 is 14.3 Å². The highest BCUT2D eigenvalue weighted by Crippen LogP contribution is 2.35. The van der Waals surface area contributed by atoms with Crippen molar-refractivity contribution >= 4 is 38.6 Å². The van der Waals surface area contributed by atoms with Gasteiger partial charge in [0.05, 0.1) is 18.2 Å². The van der Waals surface area contributed by atoms with E-state index >= 15 is 0 Å². The number of methoxy groups -OCH3 is 1. The standard InChI is InChI=1S/C21H18BrNO3/c1-26-21(25)15-7-3-8-16-19(15)20-17(9-4-10-18(20)24)23(16)12-13-5-2-6-14(22)11-13/h2-3,5-8,11H,4,9-10,12H2,1H3. The lowest BCUT2D eigenvalue weighted by atomic mass is 9.92. The molecular weight excluding hydrogens is 394 g/mol. The normalized spacial score (nSPS) is 13.7. The summed E-state index contributed by atoms with van der Waals surface area (Å²) in [7, 11) is 1.37. The van der Waals surface area contributed by atoms with Crippen molar-refractivity contribution in [1.82, 2.24) is 4.57 Å². The molecular formula is C21H18BrNO3. The third-order valence-corrected chi connectivity index (χ3v) is 5.42. The van der Waals surface area contributed by atoms with Gasteiger partial charge in [-0.25, -0.2) is 4.79 Å². The van der Waals surface area contributed by atoms with E-state index in [1.807, 2.05) is 24.3 Å². The van der Waals surface area contributed by atoms with Crippen LogP contribution in [0.3, 0.4) is 0 Å². The highest BCUT2D eigenvalue weighted by Gasteiger charge is 2.28. The Hall–Kier alpha value is -2.40. The van der Waals surface area contributed by atoms with Crippen LogP contribution in [0.4, 0.5) is 0 Å². The summed E-state index contributed by atoms with van der Waals surface area (Å²) in [6.45, 7) is 0.656. The first-order valence-electron chi connectivity index (χ1n) is 8.60. The van der Waals surface area contributed by atoms with E-state index in [4.69, 9.17) is 4.74 Å². The molecule has 0 spiro atoms. The van der Waals surface area contributed by atoms with E-state index in [0.29, 0.717) is 24.1 Å². The van der Waals surface area contributed by atoms with E-state index in [1.54, 1.807) is 6.07 Å². The Kier molecular flexibility index (Phi) is 4.41. The van der Waals surface area contributed by atoms with Gasteiger partial charge in [-0.3, -0.25) is 4.79 Å². The molecule has 0 N–H and O–H groups in total. The molecule has 0 fully saturated rings. The lowest BCUT2D eigenvalue weighted by molar-refractivity contribution is 0.0603. The van der Waals surface area contributed by atoms with Crippen LogP contribution in [-0.4, -0.2) is 23.4 Å². The van der Waals surface area contributed by atoms with Crippen LogP contribution >= 0.6 is 15.9 Å². The van der Waals surface area contributed by atoms with Crippen LogP contribution in [0, 0.1) is 0 Å². The molecule has 4 nitrogen and oxygen atoms in total. The number of esters is 1. The summed E-state index contributed by atoms with van der Waals surface area (Å²) < 4.78 is 8.14. The molecule has 26 heavy (non-hydrogen) atoms. The summed E-state index contributed by atoms with van der Waals surface area (Å²) in [5, 5.41) is 0.731. The summed E-state index contributed by atoms with van der Waals surface area (Å²) in [6.07, 6.45) is 2.21. The van der Waals surface area contributed by atoms with Crippen LogP contribution in [0.25, 0.3) is 10.9 Å². The highest BCUT2D eigenvalue weighted by molar-refractivity contribution is 9.10. The zero-order valence-electron chi connectivity index (χ0n) is 14.4. The molecule has 0 amide bonds. The number of aromatic nitrogens is 1. The summed E-state index contributed by atoms with van der Waals surface area (Å²) in [6, 6.07) is 13.7. The van der Waals surface area contributed by atoms with Crippen molar-refractivity contribution in [2.45, 2.75) is 25.8 Å². The number of halogens is 1. The lowest BCUT2D eigenvalue weighted by Gasteiger charge is -2.15. The summed E-state index contributed by atoms with van der Waals surface area (Å²) in [5.41, 5.74) is 4.23. The Balaban J connectivity index is 1.98. The molecule has 1 aromatic heterocycles. The average Bonchev–Trinajstić information content (AvgIpc) is 2.96. The van der Waals surface area contributed by atoms with E-state index in [9.17, 15) is 9.59 Å². The number of ketones is 1. The van der Waals surface area contributed by atoms with Crippen LogP contribution in [0.1, 0.15) is 44.8 Å². The number of carbonyl (C=O) groups excluding carboxylic acids is 2. The molecule has 2 aromatic carbocycles. The number of benzene rings is 2. The molecule has 1 aliphatic rings. The number of rotatable bonds is 3. The second-order valence-electron chi connectivity index (χ2n) is 6.51. The van der Waals surface area contributed by atoms with Gasteiger partial charge >= 0.3 is 5.97 Å². The predicted octanol–water partition coefficient (Wildman–Crippen LogP) is 4.76. The fraction of sp³-hybridized carbons (Fsp3) is 0.238. The minimum Gasteiger partial charge on any atom is -0.465 e. The minimum atomic E-state index is -0.406. The van der Waals surface area contributed by atoms with Crippen LogP contribution in [0.5, 0.6) is 0 Å². The largest absolute Gasteiger partial charge is 0.465 e. The zero-order valence-corrected chi connectivity index (χ0v) is 16.0. The topological polar surface area (TPSA) is 48.3 Å². The molecule has 1 aliphatic carbocycles. The second kappa shape index (κ2) is 6.72. The molecule has 1 heterocycles. The van der Waals surface area contributed by atoms with Gasteiger partial charge in [0, 0.05) is 34.1 Å². The van der Waals surface area contributed by atoms with Gasteiger partial charge in [0.1, 0.15) is 0 Å². The first-order chi connectivity index (χ1) is 12.6. The van der Waals surface area contributed by atoms with E-state index < -0.39 is 5.97 Å². The van der Waals surface area contributed by atoms with Gasteiger partial charge in [0.2, 0.25) is 0 Å². The van der Waals surface area contributed by atoms with E-state index in [-0.39, 0.29) is 5.78 Å². The summed E-state index contributed by atoms with van der Waals surface area (Å²) in [5.74, 6) is -0.294. The van der Waals surface area contributed by atoms with E-state index in [0.717, 1.165) is 39.5 Å². The van der Waals surface area contributed by atoms with Crippen molar-refractivity contribution in [2.24, 2.45) is 0 Å². The minimum absolute atomic E-state index is 0.112. The first-order valence-corrected chi connectivity index (χ1v) is 9.39. The molecule has 0 unspecified atom stereocenters. The summed E-state index contributed by atoms with van der Waals surface area (Å²) in [4.78, 5) is 25.0. The Labute approximate surface area is 159 Å². The van der Waals surface area contributed by atoms with Crippen molar-refractivity contribution in [3.63, 3.8) is 0 Å². The fourth-order valence-electron chi connectivity index (χ4n) is 3.83. The second-order valence-corrected chi connectivity index (χ2v) is 7.42. The van der Waals surface area contributed by atoms with Gasteiger partial charge in [-0.1, -0.05) is 34.1 Å². The number of fused-ring (bicyclic) bond motifs is 3. The molecule has 0 aliphatic heterocycles. The Morgan fingerprint density at radius 2 is 2.00 bits per heavy atom. The van der Waals surface area contributed by atoms with Crippen molar-refractivity contribution in [3.05, 3.63) is 69.3 Å². The monoisotopic (exact) mass is 411 g/mol. The van der Waals surface area contributed by atoms with Crippen molar-refractivity contribution in [2.75, 3.05) is 7.11 Å². The number of carbonyl (C=O) groups is 2. The quantitative estimate of drug-likeness (QED) is 0.583. The maximum absolute atomic E-state index is 12.7. The highest BCUT2D eigenvalue weighted by atomic mass is 79.9. The smallest absolute Gasteiger partial charge is 0.338 e. The van der Waals surface area contributed by atoms with Crippen molar-refractivity contribution in [1.29, 1.82) is 0 Å². The Morgan fingerprint density at radius 1 is 1.19 bits per heavy atom. The third kappa shape index (κ3) is 2.76. The van der Waals surface area contributed by atoms with Gasteiger partial charge in [-0.15, -0.1) is 0 Å². The van der Waals surface area contributed by atoms with E-state index in [1.165, 1.54) is 7.11 Å². The number of ether oxygens (including phenoxy) is 1. The van der Waals surface area contributed by atoms with Crippen molar-refractivity contribution in [3.8, 4) is 0 Å².